The van der Waals surface area contributed by atoms with Gasteiger partial charge in [0.2, 0.25) is 5.78 Å². The molecule has 0 aliphatic carbocycles. The van der Waals surface area contributed by atoms with Gasteiger partial charge in [0.25, 0.3) is 0 Å². The van der Waals surface area contributed by atoms with Crippen LogP contribution in [0.15, 0.2) is 55.0 Å². The summed E-state index contributed by atoms with van der Waals surface area (Å²) in [5.74, 6) is -0.809. The molecule has 0 spiro atoms. The molecule has 0 amide bonds. The first-order valence-corrected chi connectivity index (χ1v) is 9.20. The van der Waals surface area contributed by atoms with Crippen molar-refractivity contribution in [3.05, 3.63) is 83.1 Å². The van der Waals surface area contributed by atoms with Crippen LogP contribution in [-0.2, 0) is 4.74 Å². The van der Waals surface area contributed by atoms with Crippen LogP contribution in [0.3, 0.4) is 0 Å². The number of esters is 1. The van der Waals surface area contributed by atoms with Gasteiger partial charge in [-0.2, -0.15) is 0 Å². The fraction of sp³-hybridized carbons (Fsp3) is 0.182. The van der Waals surface area contributed by atoms with Gasteiger partial charge in [0, 0.05) is 28.8 Å². The average molecular weight is 388 g/mol. The van der Waals surface area contributed by atoms with E-state index >= 15 is 0 Å². The molecular formula is C22H20N4O3. The Balaban J connectivity index is 1.50. The van der Waals surface area contributed by atoms with Gasteiger partial charge in [-0.05, 0) is 51.1 Å². The standard InChI is InChI=1S/C22H20N4O3/c1-14-4-7-18(8-5-14)26-15(2)10-19(16(26)3)20(27)12-29-22(28)17-6-9-21-24-23-13-25(21)11-17/h4-11,13H,12H2,1-3H3. The first-order valence-electron chi connectivity index (χ1n) is 9.20. The van der Waals surface area contributed by atoms with Crippen molar-refractivity contribution in [2.75, 3.05) is 6.61 Å². The van der Waals surface area contributed by atoms with Gasteiger partial charge < -0.3 is 9.30 Å². The number of hydrogen-bond donors (Lipinski definition) is 0. The Hall–Kier alpha value is -3.74. The summed E-state index contributed by atoms with van der Waals surface area (Å²) < 4.78 is 8.88. The lowest BCUT2D eigenvalue weighted by molar-refractivity contribution is 0.0474. The zero-order valence-electron chi connectivity index (χ0n) is 16.4. The molecule has 7 nitrogen and oxygen atoms in total. The zero-order valence-corrected chi connectivity index (χ0v) is 16.4. The molecule has 4 rings (SSSR count). The minimum Gasteiger partial charge on any atom is -0.454 e. The third-order valence-electron chi connectivity index (χ3n) is 4.88. The summed E-state index contributed by atoms with van der Waals surface area (Å²) in [6.07, 6.45) is 3.07. The van der Waals surface area contributed by atoms with Gasteiger partial charge in [-0.25, -0.2) is 4.79 Å². The molecule has 3 heterocycles. The second-order valence-electron chi connectivity index (χ2n) is 6.97. The van der Waals surface area contributed by atoms with E-state index in [-0.39, 0.29) is 12.4 Å². The zero-order chi connectivity index (χ0) is 20.5. The van der Waals surface area contributed by atoms with Crippen molar-refractivity contribution < 1.29 is 14.3 Å². The minimum atomic E-state index is -0.568. The third-order valence-corrected chi connectivity index (χ3v) is 4.88. The number of Topliss-reactive ketones (excluding diaryl/α,β-unsaturated/α-hetero) is 1. The number of aryl methyl sites for hydroxylation is 2. The first kappa shape index (κ1) is 18.6. The van der Waals surface area contributed by atoms with Gasteiger partial charge in [0.05, 0.1) is 5.56 Å². The fourth-order valence-electron chi connectivity index (χ4n) is 3.38. The lowest BCUT2D eigenvalue weighted by Gasteiger charge is -2.10. The summed E-state index contributed by atoms with van der Waals surface area (Å²) in [6, 6.07) is 13.2. The third kappa shape index (κ3) is 3.54. The molecule has 7 heteroatoms. The number of ketones is 1. The van der Waals surface area contributed by atoms with Gasteiger partial charge in [-0.1, -0.05) is 17.7 Å². The predicted molar refractivity (Wildman–Crippen MR) is 108 cm³/mol. The van der Waals surface area contributed by atoms with E-state index < -0.39 is 5.97 Å². The molecule has 0 atom stereocenters. The smallest absolute Gasteiger partial charge is 0.340 e. The molecule has 0 aliphatic heterocycles. The van der Waals surface area contributed by atoms with E-state index in [1.165, 1.54) is 11.9 Å². The Morgan fingerprint density at radius 1 is 1.03 bits per heavy atom. The number of aromatic nitrogens is 4. The molecular weight excluding hydrogens is 368 g/mol. The number of carbonyl (C=O) groups excluding carboxylic acids is 2. The molecule has 0 saturated heterocycles. The number of hydrogen-bond acceptors (Lipinski definition) is 5. The van der Waals surface area contributed by atoms with Crippen molar-refractivity contribution in [3.63, 3.8) is 0 Å². The van der Waals surface area contributed by atoms with E-state index in [1.807, 2.05) is 55.7 Å². The number of carbonyl (C=O) groups is 2. The van der Waals surface area contributed by atoms with E-state index in [4.69, 9.17) is 4.74 Å². The van der Waals surface area contributed by atoms with Gasteiger partial charge >= 0.3 is 5.97 Å². The Morgan fingerprint density at radius 2 is 1.79 bits per heavy atom. The van der Waals surface area contributed by atoms with Crippen molar-refractivity contribution in [1.82, 2.24) is 19.2 Å². The van der Waals surface area contributed by atoms with Gasteiger partial charge in [-0.15, -0.1) is 10.2 Å². The van der Waals surface area contributed by atoms with E-state index in [0.717, 1.165) is 17.1 Å². The molecule has 0 N–H and O–H groups in total. The highest BCUT2D eigenvalue weighted by Crippen LogP contribution is 2.22. The maximum absolute atomic E-state index is 12.7. The number of rotatable bonds is 5. The number of nitrogens with zero attached hydrogens (tertiary/aromatic N) is 4. The highest BCUT2D eigenvalue weighted by molar-refractivity contribution is 6.00. The molecule has 146 valence electrons. The second-order valence-corrected chi connectivity index (χ2v) is 6.97. The van der Waals surface area contributed by atoms with Crippen LogP contribution in [0.4, 0.5) is 0 Å². The van der Waals surface area contributed by atoms with E-state index in [9.17, 15) is 9.59 Å². The van der Waals surface area contributed by atoms with Crippen LogP contribution >= 0.6 is 0 Å². The van der Waals surface area contributed by atoms with Crippen molar-refractivity contribution in [1.29, 1.82) is 0 Å². The normalized spacial score (nSPS) is 11.0. The summed E-state index contributed by atoms with van der Waals surface area (Å²) in [7, 11) is 0. The monoisotopic (exact) mass is 388 g/mol. The summed E-state index contributed by atoms with van der Waals surface area (Å²) in [6.45, 7) is 5.55. The Bertz CT molecular complexity index is 1220. The molecule has 0 bridgehead atoms. The lowest BCUT2D eigenvalue weighted by Crippen LogP contribution is -2.15. The SMILES string of the molecule is Cc1ccc(-n2c(C)cc(C(=O)COC(=O)c3ccc4nncn4c3)c2C)cc1. The van der Waals surface area contributed by atoms with Crippen molar-refractivity contribution in [2.24, 2.45) is 0 Å². The van der Waals surface area contributed by atoms with Crippen LogP contribution in [0, 0.1) is 20.8 Å². The van der Waals surface area contributed by atoms with Crippen LogP contribution in [0.1, 0.15) is 37.7 Å². The van der Waals surface area contributed by atoms with Crippen molar-refractivity contribution in [2.45, 2.75) is 20.8 Å². The van der Waals surface area contributed by atoms with Gasteiger partial charge in [-0.3, -0.25) is 9.20 Å². The van der Waals surface area contributed by atoms with E-state index in [2.05, 4.69) is 10.2 Å². The van der Waals surface area contributed by atoms with Crippen LogP contribution < -0.4 is 0 Å². The molecule has 3 aromatic heterocycles. The number of pyridine rings is 1. The van der Waals surface area contributed by atoms with Crippen LogP contribution in [0.2, 0.25) is 0 Å². The molecule has 0 aliphatic rings. The maximum Gasteiger partial charge on any atom is 0.340 e. The van der Waals surface area contributed by atoms with Crippen LogP contribution in [0.25, 0.3) is 11.3 Å². The second kappa shape index (κ2) is 7.35. The lowest BCUT2D eigenvalue weighted by atomic mass is 10.1. The van der Waals surface area contributed by atoms with Crippen molar-refractivity contribution in [3.8, 4) is 5.69 Å². The number of ether oxygens (including phenoxy) is 1. The quantitative estimate of drug-likeness (QED) is 0.386. The van der Waals surface area contributed by atoms with E-state index in [1.54, 1.807) is 22.7 Å². The van der Waals surface area contributed by atoms with Crippen molar-refractivity contribution >= 4 is 17.4 Å². The summed E-state index contributed by atoms with van der Waals surface area (Å²) in [5.41, 5.74) is 5.42. The molecule has 4 aromatic rings. The largest absolute Gasteiger partial charge is 0.454 e. The first-order chi connectivity index (χ1) is 13.9. The topological polar surface area (TPSA) is 78.5 Å². The Morgan fingerprint density at radius 3 is 2.55 bits per heavy atom. The molecule has 0 saturated carbocycles. The number of fused-ring (bicyclic) bond motifs is 1. The average Bonchev–Trinajstić information content (AvgIpc) is 3.30. The fourth-order valence-corrected chi connectivity index (χ4v) is 3.38. The van der Waals surface area contributed by atoms with E-state index in [0.29, 0.717) is 16.8 Å². The molecule has 0 unspecified atom stereocenters. The molecule has 0 fully saturated rings. The summed E-state index contributed by atoms with van der Waals surface area (Å²) >= 11 is 0. The summed E-state index contributed by atoms with van der Waals surface area (Å²) in [4.78, 5) is 25.0. The molecule has 0 radical (unpaired) electrons. The Labute approximate surface area is 167 Å². The minimum absolute atomic E-state index is 0.241. The predicted octanol–water partition coefficient (Wildman–Crippen LogP) is 3.48. The molecule has 29 heavy (non-hydrogen) atoms. The maximum atomic E-state index is 12.7. The van der Waals surface area contributed by atoms with Crippen LogP contribution in [0.5, 0.6) is 0 Å². The molecule has 1 aromatic carbocycles. The Kier molecular flexibility index (Phi) is 4.72. The van der Waals surface area contributed by atoms with Crippen LogP contribution in [-0.4, -0.2) is 37.5 Å². The number of benzene rings is 1. The summed E-state index contributed by atoms with van der Waals surface area (Å²) in [5, 5.41) is 7.66. The van der Waals surface area contributed by atoms with Gasteiger partial charge in [0.1, 0.15) is 6.33 Å². The van der Waals surface area contributed by atoms with Gasteiger partial charge in [0.15, 0.2) is 12.3 Å². The highest BCUT2D eigenvalue weighted by atomic mass is 16.5. The highest BCUT2D eigenvalue weighted by Gasteiger charge is 2.19.